The van der Waals surface area contributed by atoms with E-state index in [0.717, 1.165) is 12.8 Å². The van der Waals surface area contributed by atoms with Gasteiger partial charge in [-0.2, -0.15) is 0 Å². The van der Waals surface area contributed by atoms with E-state index in [1.807, 2.05) is 0 Å². The maximum absolute atomic E-state index is 13.7. The first-order valence-electron chi connectivity index (χ1n) is 5.79. The Morgan fingerprint density at radius 3 is 2.67 bits per heavy atom. The zero-order chi connectivity index (χ0) is 13.3. The number of carbonyl (C=O) groups is 2. The second kappa shape index (κ2) is 4.76. The van der Waals surface area contributed by atoms with Crippen molar-refractivity contribution in [1.29, 1.82) is 0 Å². The SMILES string of the molecule is Cc1cccc(C(=O)NC(C(=O)O)C2CC2)c1F. The van der Waals surface area contributed by atoms with Crippen LogP contribution in [0, 0.1) is 18.7 Å². The molecule has 1 unspecified atom stereocenters. The standard InChI is InChI=1S/C13H14FNO3/c1-7-3-2-4-9(10(7)14)12(16)15-11(13(17)18)8-5-6-8/h2-4,8,11H,5-6H2,1H3,(H,15,16)(H,17,18). The molecule has 0 aliphatic heterocycles. The molecule has 2 N–H and O–H groups in total. The van der Waals surface area contributed by atoms with E-state index in [1.165, 1.54) is 6.07 Å². The molecule has 96 valence electrons. The van der Waals surface area contributed by atoms with Crippen LogP contribution in [0.2, 0.25) is 0 Å². The van der Waals surface area contributed by atoms with Gasteiger partial charge in [0.25, 0.3) is 5.91 Å². The Labute approximate surface area is 104 Å². The van der Waals surface area contributed by atoms with Crippen molar-refractivity contribution >= 4 is 11.9 Å². The predicted molar refractivity (Wildman–Crippen MR) is 62.8 cm³/mol. The van der Waals surface area contributed by atoms with E-state index in [9.17, 15) is 14.0 Å². The number of carboxylic acid groups (broad SMARTS) is 1. The summed E-state index contributed by atoms with van der Waals surface area (Å²) in [5.41, 5.74) is 0.253. The lowest BCUT2D eigenvalue weighted by molar-refractivity contribution is -0.139. The Bertz CT molecular complexity index is 497. The molecule has 0 aromatic heterocycles. The van der Waals surface area contributed by atoms with E-state index in [2.05, 4.69) is 5.32 Å². The molecule has 1 fully saturated rings. The first-order chi connectivity index (χ1) is 8.50. The van der Waals surface area contributed by atoms with Crippen LogP contribution in [-0.2, 0) is 4.79 Å². The second-order valence-electron chi connectivity index (χ2n) is 4.56. The molecule has 5 heteroatoms. The molecule has 0 radical (unpaired) electrons. The number of aryl methyl sites for hydroxylation is 1. The highest BCUT2D eigenvalue weighted by Gasteiger charge is 2.37. The van der Waals surface area contributed by atoms with Crippen molar-refractivity contribution in [3.05, 3.63) is 35.1 Å². The minimum absolute atomic E-state index is 0.0284. The monoisotopic (exact) mass is 251 g/mol. The fourth-order valence-corrected chi connectivity index (χ4v) is 1.85. The third-order valence-electron chi connectivity index (χ3n) is 3.08. The largest absolute Gasteiger partial charge is 0.480 e. The van der Waals surface area contributed by atoms with Crippen LogP contribution in [-0.4, -0.2) is 23.0 Å². The summed E-state index contributed by atoms with van der Waals surface area (Å²) in [4.78, 5) is 22.8. The molecule has 18 heavy (non-hydrogen) atoms. The fraction of sp³-hybridized carbons (Fsp3) is 0.385. The summed E-state index contributed by atoms with van der Waals surface area (Å²) in [6.07, 6.45) is 1.57. The van der Waals surface area contributed by atoms with Crippen LogP contribution in [0.5, 0.6) is 0 Å². The summed E-state index contributed by atoms with van der Waals surface area (Å²) in [7, 11) is 0. The quantitative estimate of drug-likeness (QED) is 0.856. The molecule has 1 aliphatic rings. The molecule has 1 atom stereocenters. The van der Waals surface area contributed by atoms with Gasteiger partial charge in [-0.15, -0.1) is 0 Å². The first kappa shape index (κ1) is 12.5. The molecule has 0 heterocycles. The zero-order valence-electron chi connectivity index (χ0n) is 9.94. The maximum Gasteiger partial charge on any atom is 0.326 e. The Morgan fingerprint density at radius 2 is 2.11 bits per heavy atom. The lowest BCUT2D eigenvalue weighted by Crippen LogP contribution is -2.42. The van der Waals surface area contributed by atoms with Gasteiger partial charge < -0.3 is 10.4 Å². The van der Waals surface area contributed by atoms with E-state index in [4.69, 9.17) is 5.11 Å². The van der Waals surface area contributed by atoms with Crippen molar-refractivity contribution in [3.63, 3.8) is 0 Å². The molecule has 0 saturated heterocycles. The van der Waals surface area contributed by atoms with Crippen molar-refractivity contribution in [1.82, 2.24) is 5.32 Å². The van der Waals surface area contributed by atoms with Crippen LogP contribution >= 0.6 is 0 Å². The Hall–Kier alpha value is -1.91. The number of hydrogen-bond donors (Lipinski definition) is 2. The fourth-order valence-electron chi connectivity index (χ4n) is 1.85. The number of rotatable bonds is 4. The van der Waals surface area contributed by atoms with Crippen LogP contribution in [0.4, 0.5) is 4.39 Å². The number of amides is 1. The molecule has 1 aromatic rings. The molecule has 0 spiro atoms. The summed E-state index contributed by atoms with van der Waals surface area (Å²) >= 11 is 0. The third kappa shape index (κ3) is 2.50. The zero-order valence-corrected chi connectivity index (χ0v) is 9.94. The number of halogens is 1. The van der Waals surface area contributed by atoms with Crippen molar-refractivity contribution in [2.24, 2.45) is 5.92 Å². The van der Waals surface area contributed by atoms with Crippen molar-refractivity contribution < 1.29 is 19.1 Å². The van der Waals surface area contributed by atoms with Gasteiger partial charge in [0.05, 0.1) is 5.56 Å². The van der Waals surface area contributed by atoms with Crippen molar-refractivity contribution in [3.8, 4) is 0 Å². The van der Waals surface area contributed by atoms with Gasteiger partial charge in [-0.05, 0) is 37.3 Å². The summed E-state index contributed by atoms with van der Waals surface area (Å²) in [6, 6.07) is 3.56. The first-order valence-corrected chi connectivity index (χ1v) is 5.79. The molecule has 0 bridgehead atoms. The lowest BCUT2D eigenvalue weighted by Gasteiger charge is -2.14. The molecule has 1 saturated carbocycles. The van der Waals surface area contributed by atoms with Crippen LogP contribution in [0.25, 0.3) is 0 Å². The summed E-state index contributed by atoms with van der Waals surface area (Å²) in [5.74, 6) is -2.37. The highest BCUT2D eigenvalue weighted by molar-refractivity contribution is 5.97. The predicted octanol–water partition coefficient (Wildman–Crippen LogP) is 1.73. The van der Waals surface area contributed by atoms with E-state index in [1.54, 1.807) is 19.1 Å². The maximum atomic E-state index is 13.7. The number of carboxylic acids is 1. The topological polar surface area (TPSA) is 66.4 Å². The number of hydrogen-bond acceptors (Lipinski definition) is 2. The Balaban J connectivity index is 2.16. The van der Waals surface area contributed by atoms with Gasteiger partial charge in [0.15, 0.2) is 0 Å². The molecule has 2 rings (SSSR count). The highest BCUT2D eigenvalue weighted by atomic mass is 19.1. The lowest BCUT2D eigenvalue weighted by atomic mass is 10.1. The van der Waals surface area contributed by atoms with Gasteiger partial charge in [-0.3, -0.25) is 4.79 Å². The number of benzene rings is 1. The van der Waals surface area contributed by atoms with Crippen LogP contribution in [0.1, 0.15) is 28.8 Å². The van der Waals surface area contributed by atoms with Gasteiger partial charge in [0, 0.05) is 0 Å². The normalized spacial score (nSPS) is 16.1. The molecular formula is C13H14FNO3. The molecule has 1 amide bonds. The number of aliphatic carboxylic acids is 1. The van der Waals surface area contributed by atoms with Gasteiger partial charge >= 0.3 is 5.97 Å². The van der Waals surface area contributed by atoms with Crippen LogP contribution < -0.4 is 5.32 Å². The molecular weight excluding hydrogens is 237 g/mol. The summed E-state index contributed by atoms with van der Waals surface area (Å²) < 4.78 is 13.7. The van der Waals surface area contributed by atoms with Gasteiger partial charge in [-0.1, -0.05) is 12.1 Å². The van der Waals surface area contributed by atoms with Crippen LogP contribution in [0.3, 0.4) is 0 Å². The smallest absolute Gasteiger partial charge is 0.326 e. The van der Waals surface area contributed by atoms with Gasteiger partial charge in [0.2, 0.25) is 0 Å². The third-order valence-corrected chi connectivity index (χ3v) is 3.08. The minimum Gasteiger partial charge on any atom is -0.480 e. The van der Waals surface area contributed by atoms with Crippen molar-refractivity contribution in [2.75, 3.05) is 0 Å². The average Bonchev–Trinajstić information content (AvgIpc) is 3.13. The Kier molecular flexibility index (Phi) is 3.32. The van der Waals surface area contributed by atoms with E-state index in [-0.39, 0.29) is 11.5 Å². The van der Waals surface area contributed by atoms with Crippen LogP contribution in [0.15, 0.2) is 18.2 Å². The van der Waals surface area contributed by atoms with E-state index in [0.29, 0.717) is 5.56 Å². The molecule has 4 nitrogen and oxygen atoms in total. The molecule has 1 aliphatic carbocycles. The van der Waals surface area contributed by atoms with Gasteiger partial charge in [-0.25, -0.2) is 9.18 Å². The second-order valence-corrected chi connectivity index (χ2v) is 4.56. The van der Waals surface area contributed by atoms with E-state index >= 15 is 0 Å². The summed E-state index contributed by atoms with van der Waals surface area (Å²) in [5, 5.41) is 11.4. The Morgan fingerprint density at radius 1 is 1.44 bits per heavy atom. The van der Waals surface area contributed by atoms with Gasteiger partial charge in [0.1, 0.15) is 11.9 Å². The van der Waals surface area contributed by atoms with E-state index < -0.39 is 23.7 Å². The molecule has 1 aromatic carbocycles. The average molecular weight is 251 g/mol. The minimum atomic E-state index is -1.07. The van der Waals surface area contributed by atoms with Crippen molar-refractivity contribution in [2.45, 2.75) is 25.8 Å². The number of carbonyl (C=O) groups excluding carboxylic acids is 1. The number of nitrogens with one attached hydrogen (secondary N) is 1. The highest BCUT2D eigenvalue weighted by Crippen LogP contribution is 2.32. The summed E-state index contributed by atoms with van der Waals surface area (Å²) in [6.45, 7) is 1.56.